The Balaban J connectivity index is 1.95. The number of methoxy groups -OCH3 is 1. The number of aliphatic carboxylic acids is 1. The number of hydrogen-bond acceptors (Lipinski definition) is 4. The van der Waals surface area contributed by atoms with Gasteiger partial charge in [0.25, 0.3) is 5.91 Å². The molecule has 1 saturated heterocycles. The molecule has 1 aromatic carbocycles. The standard InChI is InChI=1S/C18H19NO5/c1-18(2,3)14-13(17(21)22)19-15(20)12(16(19)24-14)9-10-6-5-7-11(8-10)23-4/h5-9,16H,1-4H3,(H,21,22)/b12-9-. The molecule has 1 N–H and O–H groups in total. The average molecular weight is 329 g/mol. The summed E-state index contributed by atoms with van der Waals surface area (Å²) in [6.45, 7) is 5.56. The Morgan fingerprint density at radius 1 is 1.38 bits per heavy atom. The minimum atomic E-state index is -1.16. The lowest BCUT2D eigenvalue weighted by molar-refractivity contribution is -0.147. The molecule has 1 unspecified atom stereocenters. The number of carbonyl (C=O) groups is 2. The zero-order valence-electron chi connectivity index (χ0n) is 14.0. The van der Waals surface area contributed by atoms with Gasteiger partial charge in [-0.2, -0.15) is 0 Å². The van der Waals surface area contributed by atoms with E-state index >= 15 is 0 Å². The van der Waals surface area contributed by atoms with E-state index in [1.807, 2.05) is 39.0 Å². The van der Waals surface area contributed by atoms with E-state index in [0.717, 1.165) is 5.56 Å². The van der Waals surface area contributed by atoms with Crippen LogP contribution in [0.4, 0.5) is 0 Å². The number of allylic oxidation sites excluding steroid dienone is 1. The monoisotopic (exact) mass is 329 g/mol. The van der Waals surface area contributed by atoms with Crippen LogP contribution in [0.25, 0.3) is 6.08 Å². The molecule has 6 nitrogen and oxygen atoms in total. The molecule has 0 aliphatic carbocycles. The molecule has 1 fully saturated rings. The highest BCUT2D eigenvalue weighted by atomic mass is 16.5. The lowest BCUT2D eigenvalue weighted by Crippen LogP contribution is -2.52. The molecule has 1 amide bonds. The summed E-state index contributed by atoms with van der Waals surface area (Å²) in [6, 6.07) is 7.28. The Labute approximate surface area is 140 Å². The maximum absolute atomic E-state index is 12.4. The smallest absolute Gasteiger partial charge is 0.356 e. The normalized spacial score (nSPS) is 21.5. The van der Waals surface area contributed by atoms with Crippen LogP contribution in [0.5, 0.6) is 5.75 Å². The third-order valence-electron chi connectivity index (χ3n) is 3.95. The predicted octanol–water partition coefficient (Wildman–Crippen LogP) is 2.62. The SMILES string of the molecule is COc1cccc(/C=C2/C(=O)N3C(C(=O)O)=C(C(C)(C)C)OC23)c1. The maximum Gasteiger partial charge on any atom is 0.356 e. The first-order chi connectivity index (χ1) is 11.2. The van der Waals surface area contributed by atoms with E-state index in [-0.39, 0.29) is 11.6 Å². The Kier molecular flexibility index (Phi) is 3.63. The van der Waals surface area contributed by atoms with E-state index in [1.54, 1.807) is 19.3 Å². The van der Waals surface area contributed by atoms with Gasteiger partial charge in [-0.25, -0.2) is 4.79 Å². The van der Waals surface area contributed by atoms with Crippen molar-refractivity contribution in [1.82, 2.24) is 4.90 Å². The summed E-state index contributed by atoms with van der Waals surface area (Å²) in [6.07, 6.45) is 1.03. The van der Waals surface area contributed by atoms with Crippen LogP contribution in [0.2, 0.25) is 0 Å². The van der Waals surface area contributed by atoms with Crippen molar-refractivity contribution in [2.75, 3.05) is 7.11 Å². The second kappa shape index (κ2) is 5.40. The van der Waals surface area contributed by atoms with E-state index in [0.29, 0.717) is 17.1 Å². The highest BCUT2D eigenvalue weighted by Gasteiger charge is 2.55. The lowest BCUT2D eigenvalue weighted by Gasteiger charge is -2.35. The molecular formula is C18H19NO5. The third kappa shape index (κ3) is 2.44. The number of benzene rings is 1. The Bertz CT molecular complexity index is 785. The van der Waals surface area contributed by atoms with Gasteiger partial charge in [-0.3, -0.25) is 9.69 Å². The summed E-state index contributed by atoms with van der Waals surface area (Å²) in [4.78, 5) is 25.2. The average Bonchev–Trinajstić information content (AvgIpc) is 2.89. The van der Waals surface area contributed by atoms with Crippen LogP contribution in [0, 0.1) is 5.41 Å². The van der Waals surface area contributed by atoms with E-state index in [4.69, 9.17) is 9.47 Å². The molecule has 0 aromatic heterocycles. The Morgan fingerprint density at radius 2 is 2.08 bits per heavy atom. The van der Waals surface area contributed by atoms with Crippen LogP contribution in [0.1, 0.15) is 26.3 Å². The van der Waals surface area contributed by atoms with Crippen LogP contribution in [-0.2, 0) is 14.3 Å². The summed E-state index contributed by atoms with van der Waals surface area (Å²) in [7, 11) is 1.57. The lowest BCUT2D eigenvalue weighted by atomic mass is 9.92. The maximum atomic E-state index is 12.4. The number of rotatable bonds is 3. The molecule has 2 aliphatic heterocycles. The number of ether oxygens (including phenoxy) is 2. The van der Waals surface area contributed by atoms with E-state index in [2.05, 4.69) is 0 Å². The summed E-state index contributed by atoms with van der Waals surface area (Å²) < 4.78 is 11.0. The molecule has 6 heteroatoms. The van der Waals surface area contributed by atoms with Crippen LogP contribution in [0.15, 0.2) is 41.3 Å². The van der Waals surface area contributed by atoms with Crippen LogP contribution < -0.4 is 4.74 Å². The van der Waals surface area contributed by atoms with Crippen LogP contribution in [-0.4, -0.2) is 35.2 Å². The molecule has 1 atom stereocenters. The fraction of sp³-hybridized carbons (Fsp3) is 0.333. The first-order valence-electron chi connectivity index (χ1n) is 7.58. The second-order valence-corrected chi connectivity index (χ2v) is 6.75. The molecular weight excluding hydrogens is 310 g/mol. The van der Waals surface area contributed by atoms with Gasteiger partial charge < -0.3 is 14.6 Å². The second-order valence-electron chi connectivity index (χ2n) is 6.75. The van der Waals surface area contributed by atoms with Gasteiger partial charge in [-0.05, 0) is 23.8 Å². The summed E-state index contributed by atoms with van der Waals surface area (Å²) in [5.41, 5.74) is 0.649. The van der Waals surface area contributed by atoms with Crippen molar-refractivity contribution in [2.45, 2.75) is 27.0 Å². The first-order valence-corrected chi connectivity index (χ1v) is 7.58. The van der Waals surface area contributed by atoms with Gasteiger partial charge in [0, 0.05) is 5.41 Å². The number of amides is 1. The number of carboxylic acids is 1. The number of β-lactam (4-membered cyclic amide) rings is 1. The largest absolute Gasteiger partial charge is 0.497 e. The van der Waals surface area contributed by atoms with Gasteiger partial charge >= 0.3 is 5.97 Å². The van der Waals surface area contributed by atoms with E-state index in [1.165, 1.54) is 4.90 Å². The molecule has 0 bridgehead atoms. The highest BCUT2D eigenvalue weighted by molar-refractivity contribution is 6.10. The van der Waals surface area contributed by atoms with E-state index in [9.17, 15) is 14.7 Å². The van der Waals surface area contributed by atoms with Gasteiger partial charge in [-0.15, -0.1) is 0 Å². The molecule has 2 heterocycles. The van der Waals surface area contributed by atoms with Crippen molar-refractivity contribution in [3.8, 4) is 5.75 Å². The zero-order valence-corrected chi connectivity index (χ0v) is 14.0. The van der Waals surface area contributed by atoms with Crippen molar-refractivity contribution in [2.24, 2.45) is 5.41 Å². The number of nitrogens with zero attached hydrogens (tertiary/aromatic N) is 1. The van der Waals surface area contributed by atoms with Crippen molar-refractivity contribution in [1.29, 1.82) is 0 Å². The molecule has 3 rings (SSSR count). The van der Waals surface area contributed by atoms with Crippen LogP contribution in [0.3, 0.4) is 0 Å². The fourth-order valence-electron chi connectivity index (χ4n) is 2.81. The zero-order chi connectivity index (χ0) is 17.6. The van der Waals surface area contributed by atoms with Crippen molar-refractivity contribution < 1.29 is 24.2 Å². The molecule has 126 valence electrons. The van der Waals surface area contributed by atoms with Crippen molar-refractivity contribution in [3.63, 3.8) is 0 Å². The Morgan fingerprint density at radius 3 is 2.67 bits per heavy atom. The molecule has 0 radical (unpaired) electrons. The molecule has 0 saturated carbocycles. The number of carboxylic acid groups (broad SMARTS) is 1. The quantitative estimate of drug-likeness (QED) is 0.681. The first kappa shape index (κ1) is 16.1. The summed E-state index contributed by atoms with van der Waals surface area (Å²) in [5, 5.41) is 9.46. The number of hydrogen-bond donors (Lipinski definition) is 1. The van der Waals surface area contributed by atoms with Gasteiger partial charge in [0.2, 0.25) is 6.23 Å². The third-order valence-corrected chi connectivity index (χ3v) is 3.95. The molecule has 2 aliphatic rings. The van der Waals surface area contributed by atoms with Gasteiger partial charge in [0.1, 0.15) is 11.5 Å². The molecule has 0 spiro atoms. The predicted molar refractivity (Wildman–Crippen MR) is 86.8 cm³/mol. The molecule has 1 aromatic rings. The van der Waals surface area contributed by atoms with Crippen molar-refractivity contribution >= 4 is 18.0 Å². The Hall–Kier alpha value is -2.76. The minimum absolute atomic E-state index is 0.0692. The van der Waals surface area contributed by atoms with Gasteiger partial charge in [-0.1, -0.05) is 32.9 Å². The topological polar surface area (TPSA) is 76.1 Å². The number of fused-ring (bicyclic) bond motifs is 1. The van der Waals surface area contributed by atoms with E-state index < -0.39 is 17.6 Å². The minimum Gasteiger partial charge on any atom is -0.497 e. The van der Waals surface area contributed by atoms with Crippen molar-refractivity contribution in [3.05, 3.63) is 46.9 Å². The van der Waals surface area contributed by atoms with Gasteiger partial charge in [0.15, 0.2) is 5.70 Å². The number of carbonyl (C=O) groups excluding carboxylic acids is 1. The summed E-state index contributed by atoms with van der Waals surface area (Å²) >= 11 is 0. The summed E-state index contributed by atoms with van der Waals surface area (Å²) in [5.74, 6) is -0.502. The molecule has 24 heavy (non-hydrogen) atoms. The van der Waals surface area contributed by atoms with Gasteiger partial charge in [0.05, 0.1) is 12.7 Å². The van der Waals surface area contributed by atoms with Crippen LogP contribution >= 0.6 is 0 Å². The highest BCUT2D eigenvalue weighted by Crippen LogP contribution is 2.46. The fourth-order valence-corrected chi connectivity index (χ4v) is 2.81.